The van der Waals surface area contributed by atoms with E-state index in [1.807, 2.05) is 0 Å². The highest BCUT2D eigenvalue weighted by Gasteiger charge is 2.31. The van der Waals surface area contributed by atoms with Crippen LogP contribution in [-0.4, -0.2) is 11.9 Å². The molecule has 0 saturated carbocycles. The molecule has 8 heteroatoms. The molecular weight excluding hydrogens is 348 g/mol. The number of hydrogen-bond acceptors (Lipinski definition) is 3. The summed E-state index contributed by atoms with van der Waals surface area (Å²) in [4.78, 5) is 22.7. The summed E-state index contributed by atoms with van der Waals surface area (Å²) in [7, 11) is 0. The third-order valence-corrected chi connectivity index (χ3v) is 3.03. The number of esters is 2. The van der Waals surface area contributed by atoms with Gasteiger partial charge in [0.2, 0.25) is 0 Å². The molecule has 20 heavy (non-hydrogen) atoms. The predicted molar refractivity (Wildman–Crippen MR) is 63.8 cm³/mol. The van der Waals surface area contributed by atoms with Gasteiger partial charge < -0.3 is 4.74 Å². The summed E-state index contributed by atoms with van der Waals surface area (Å²) in [6.07, 6.45) is 1.12. The quantitative estimate of drug-likeness (QED) is 0.208. The maximum atomic E-state index is 13.4. The first-order valence-electron chi connectivity index (χ1n) is 5.12. The van der Waals surface area contributed by atoms with Crippen molar-refractivity contribution in [3.05, 3.63) is 46.0 Å². The molecule has 0 N–H and O–H groups in total. The fourth-order valence-corrected chi connectivity index (χ4v) is 1.46. The number of hydrogen-bond donors (Lipinski definition) is 0. The molecule has 1 unspecified atom stereocenters. The van der Waals surface area contributed by atoms with Crippen LogP contribution >= 0.6 is 15.9 Å². The van der Waals surface area contributed by atoms with Crippen LogP contribution in [0.4, 0.5) is 17.6 Å². The van der Waals surface area contributed by atoms with E-state index in [1.54, 1.807) is 0 Å². The summed E-state index contributed by atoms with van der Waals surface area (Å²) < 4.78 is 56.3. The predicted octanol–water partition coefficient (Wildman–Crippen LogP) is 3.51. The lowest BCUT2D eigenvalue weighted by Gasteiger charge is -2.09. The summed E-state index contributed by atoms with van der Waals surface area (Å²) in [6, 6.07) is 0. The molecule has 3 nitrogen and oxygen atoms in total. The summed E-state index contributed by atoms with van der Waals surface area (Å²) in [5.41, 5.74) is -1.62. The lowest BCUT2D eigenvalue weighted by atomic mass is 10.1. The SMILES string of the molecule is C=CC(C)C(=O)OC(=O)c1c(F)c(F)c(Br)c(F)c1F. The Morgan fingerprint density at radius 2 is 1.60 bits per heavy atom. The number of rotatable bonds is 3. The molecule has 0 fully saturated rings. The smallest absolute Gasteiger partial charge is 0.352 e. The summed E-state index contributed by atoms with van der Waals surface area (Å²) in [5.74, 6) is -11.5. The topological polar surface area (TPSA) is 43.4 Å². The van der Waals surface area contributed by atoms with Gasteiger partial charge in [0.05, 0.1) is 10.4 Å². The number of carbonyl (C=O) groups is 2. The Bertz CT molecular complexity index is 572. The van der Waals surface area contributed by atoms with E-state index < -0.39 is 51.2 Å². The number of ether oxygens (including phenoxy) is 1. The highest BCUT2D eigenvalue weighted by atomic mass is 79.9. The highest BCUT2D eigenvalue weighted by Crippen LogP contribution is 2.28. The van der Waals surface area contributed by atoms with Gasteiger partial charge >= 0.3 is 11.9 Å². The van der Waals surface area contributed by atoms with Gasteiger partial charge in [-0.25, -0.2) is 22.4 Å². The highest BCUT2D eigenvalue weighted by molar-refractivity contribution is 9.10. The van der Waals surface area contributed by atoms with E-state index in [9.17, 15) is 27.2 Å². The van der Waals surface area contributed by atoms with E-state index in [4.69, 9.17) is 0 Å². The van der Waals surface area contributed by atoms with Crippen LogP contribution in [0.2, 0.25) is 0 Å². The molecule has 0 aliphatic rings. The molecule has 1 aromatic carbocycles. The maximum absolute atomic E-state index is 13.4. The van der Waals surface area contributed by atoms with E-state index in [0.29, 0.717) is 0 Å². The van der Waals surface area contributed by atoms with Crippen LogP contribution in [0.1, 0.15) is 17.3 Å². The molecule has 1 atom stereocenters. The average molecular weight is 355 g/mol. The molecule has 0 radical (unpaired) electrons. The van der Waals surface area contributed by atoms with Gasteiger partial charge in [0.25, 0.3) is 0 Å². The van der Waals surface area contributed by atoms with Crippen molar-refractivity contribution in [1.29, 1.82) is 0 Å². The molecule has 108 valence electrons. The Labute approximate surface area is 119 Å². The van der Waals surface area contributed by atoms with Gasteiger partial charge in [0, 0.05) is 0 Å². The Morgan fingerprint density at radius 3 is 2.00 bits per heavy atom. The minimum Gasteiger partial charge on any atom is -0.389 e. The molecule has 1 rings (SSSR count). The minimum absolute atomic E-state index is 0.935. The van der Waals surface area contributed by atoms with E-state index >= 15 is 0 Å². The molecule has 0 heterocycles. The van der Waals surface area contributed by atoms with Crippen LogP contribution in [0.25, 0.3) is 0 Å². The van der Waals surface area contributed by atoms with Crippen LogP contribution < -0.4 is 0 Å². The van der Waals surface area contributed by atoms with Crippen molar-refractivity contribution in [2.45, 2.75) is 6.92 Å². The van der Waals surface area contributed by atoms with Crippen LogP contribution in [0.3, 0.4) is 0 Å². The van der Waals surface area contributed by atoms with E-state index in [1.165, 1.54) is 6.92 Å². The normalized spacial score (nSPS) is 11.9. The molecule has 0 aliphatic heterocycles. The zero-order chi connectivity index (χ0) is 15.6. The Morgan fingerprint density at radius 1 is 1.15 bits per heavy atom. The van der Waals surface area contributed by atoms with Gasteiger partial charge in [-0.2, -0.15) is 0 Å². The van der Waals surface area contributed by atoms with Crippen molar-refractivity contribution in [3.63, 3.8) is 0 Å². The van der Waals surface area contributed by atoms with Crippen molar-refractivity contribution in [2.75, 3.05) is 0 Å². The van der Waals surface area contributed by atoms with E-state index in [2.05, 4.69) is 27.2 Å². The largest absolute Gasteiger partial charge is 0.389 e. The molecule has 1 aromatic rings. The molecule has 0 aliphatic carbocycles. The second kappa shape index (κ2) is 6.17. The van der Waals surface area contributed by atoms with Crippen molar-refractivity contribution in [2.24, 2.45) is 5.92 Å². The van der Waals surface area contributed by atoms with Gasteiger partial charge in [-0.05, 0) is 22.9 Å². The van der Waals surface area contributed by atoms with Crippen LogP contribution in [0.5, 0.6) is 0 Å². The first kappa shape index (κ1) is 16.4. The standard InChI is InChI=1S/C12H7BrF4O3/c1-3-4(2)11(18)20-12(19)5-7(14)9(16)6(13)10(17)8(5)15/h3-4H,1H2,2H3. The van der Waals surface area contributed by atoms with E-state index in [-0.39, 0.29) is 0 Å². The van der Waals surface area contributed by atoms with Crippen LogP contribution in [0, 0.1) is 29.2 Å². The van der Waals surface area contributed by atoms with E-state index in [0.717, 1.165) is 6.08 Å². The molecule has 0 aromatic heterocycles. The fraction of sp³-hybridized carbons (Fsp3) is 0.167. The fourth-order valence-electron chi connectivity index (χ4n) is 1.12. The number of halogens is 5. The monoisotopic (exact) mass is 354 g/mol. The molecule has 0 spiro atoms. The Balaban J connectivity index is 3.24. The van der Waals surface area contributed by atoms with Crippen molar-refractivity contribution in [1.82, 2.24) is 0 Å². The van der Waals surface area contributed by atoms with Gasteiger partial charge in [0.1, 0.15) is 5.56 Å². The zero-order valence-corrected chi connectivity index (χ0v) is 11.6. The Kier molecular flexibility index (Phi) is 5.04. The van der Waals surface area contributed by atoms with Gasteiger partial charge in [0.15, 0.2) is 23.3 Å². The first-order chi connectivity index (χ1) is 9.22. The molecule has 0 bridgehead atoms. The lowest BCUT2D eigenvalue weighted by Crippen LogP contribution is -2.21. The number of carbonyl (C=O) groups excluding carboxylic acids is 2. The third kappa shape index (κ3) is 2.90. The average Bonchev–Trinajstić information content (AvgIpc) is 2.42. The third-order valence-electron chi connectivity index (χ3n) is 2.33. The van der Waals surface area contributed by atoms with Crippen molar-refractivity contribution < 1.29 is 31.9 Å². The van der Waals surface area contributed by atoms with Crippen LogP contribution in [0.15, 0.2) is 17.1 Å². The van der Waals surface area contributed by atoms with Crippen LogP contribution in [-0.2, 0) is 9.53 Å². The second-order valence-electron chi connectivity index (χ2n) is 3.68. The van der Waals surface area contributed by atoms with Crippen molar-refractivity contribution in [3.8, 4) is 0 Å². The first-order valence-corrected chi connectivity index (χ1v) is 5.91. The van der Waals surface area contributed by atoms with Gasteiger partial charge in [-0.1, -0.05) is 6.08 Å². The molecular formula is C12H7BrF4O3. The van der Waals surface area contributed by atoms with Gasteiger partial charge in [-0.3, -0.25) is 4.79 Å². The second-order valence-corrected chi connectivity index (χ2v) is 4.47. The summed E-state index contributed by atoms with van der Waals surface area (Å²) in [6.45, 7) is 4.55. The lowest BCUT2D eigenvalue weighted by molar-refractivity contribution is -0.140. The molecule has 0 amide bonds. The zero-order valence-electron chi connectivity index (χ0n) is 9.98. The summed E-state index contributed by atoms with van der Waals surface area (Å²) in [5, 5.41) is 0. The molecule has 0 saturated heterocycles. The maximum Gasteiger partial charge on any atom is 0.352 e. The van der Waals surface area contributed by atoms with Crippen molar-refractivity contribution >= 4 is 27.9 Å². The van der Waals surface area contributed by atoms with Gasteiger partial charge in [-0.15, -0.1) is 6.58 Å². The Hall–Kier alpha value is -1.70. The number of benzene rings is 1. The summed E-state index contributed by atoms with van der Waals surface area (Å²) >= 11 is 2.29. The minimum atomic E-state index is -1.96.